The van der Waals surface area contributed by atoms with E-state index in [-0.39, 0.29) is 5.56 Å². The van der Waals surface area contributed by atoms with Crippen LogP contribution in [-0.4, -0.2) is 32.6 Å². The number of carbonyl (C=O) groups excluding carboxylic acids is 1. The summed E-state index contributed by atoms with van der Waals surface area (Å²) in [5.41, 5.74) is 3.61. The minimum Gasteiger partial charge on any atom is -0.478 e. The van der Waals surface area contributed by atoms with Gasteiger partial charge in [-0.1, -0.05) is 6.07 Å². The molecule has 0 aliphatic heterocycles. The summed E-state index contributed by atoms with van der Waals surface area (Å²) in [6.45, 7) is 7.34. The first kappa shape index (κ1) is 19.4. The molecule has 1 heterocycles. The number of aryl methyl sites for hydroxylation is 2. The molecule has 0 bridgehead atoms. The summed E-state index contributed by atoms with van der Waals surface area (Å²) in [5.74, 6) is -0.981. The fraction of sp³-hybridized carbons (Fsp3) is 0.286. The van der Waals surface area contributed by atoms with Gasteiger partial charge in [0.1, 0.15) is 5.60 Å². The van der Waals surface area contributed by atoms with Crippen molar-refractivity contribution in [2.45, 2.75) is 33.3 Å². The number of carbonyl (C=O) groups is 2. The van der Waals surface area contributed by atoms with Crippen LogP contribution in [0.15, 0.2) is 36.4 Å². The monoisotopic (exact) mass is 381 g/mol. The van der Waals surface area contributed by atoms with Gasteiger partial charge in [-0.3, -0.25) is 10.00 Å². The summed E-state index contributed by atoms with van der Waals surface area (Å²) in [6, 6.07) is 10.4. The Labute approximate surface area is 162 Å². The molecule has 0 spiro atoms. The molecule has 0 radical (unpaired) electrons. The highest BCUT2D eigenvalue weighted by molar-refractivity contribution is 5.99. The first-order valence-corrected chi connectivity index (χ1v) is 8.86. The summed E-state index contributed by atoms with van der Waals surface area (Å²) >= 11 is 0. The van der Waals surface area contributed by atoms with E-state index in [2.05, 4.69) is 10.4 Å². The Hall–Kier alpha value is -3.35. The van der Waals surface area contributed by atoms with Gasteiger partial charge in [0.15, 0.2) is 0 Å². The summed E-state index contributed by atoms with van der Waals surface area (Å²) in [6.07, 6.45) is -0.517. The van der Waals surface area contributed by atoms with E-state index in [1.165, 1.54) is 0 Å². The molecule has 1 amide bonds. The van der Waals surface area contributed by atoms with Gasteiger partial charge in [0.05, 0.1) is 16.8 Å². The average molecular weight is 381 g/mol. The Morgan fingerprint density at radius 1 is 1.14 bits per heavy atom. The molecule has 0 saturated carbocycles. The quantitative estimate of drug-likeness (QED) is 0.692. The Bertz CT molecular complexity index is 1080. The Morgan fingerprint density at radius 3 is 2.46 bits per heavy atom. The number of nitrogens with one attached hydrogen (secondary N) is 1. The van der Waals surface area contributed by atoms with E-state index in [0.29, 0.717) is 5.69 Å². The normalized spacial score (nSPS) is 11.5. The molecular formula is C21H23N3O4. The second-order valence-corrected chi connectivity index (χ2v) is 7.67. The van der Waals surface area contributed by atoms with Crippen LogP contribution in [0.2, 0.25) is 0 Å². The van der Waals surface area contributed by atoms with E-state index in [0.717, 1.165) is 27.7 Å². The number of anilines is 1. The standard InChI is InChI=1S/C21H23N3O4/c1-12-10-14(22-20(27)28-21(2,3)4)7-8-15(12)18-16-11-13(19(25)26)6-9-17(16)23-24(18)5/h6-11H,1-5H3,(H,22,27)(H,25,26). The van der Waals surface area contributed by atoms with Crippen LogP contribution in [0.25, 0.3) is 22.2 Å². The topological polar surface area (TPSA) is 93.4 Å². The number of amides is 1. The van der Waals surface area contributed by atoms with Crippen LogP contribution in [0.4, 0.5) is 10.5 Å². The highest BCUT2D eigenvalue weighted by Gasteiger charge is 2.18. The smallest absolute Gasteiger partial charge is 0.412 e. The van der Waals surface area contributed by atoms with Crippen molar-refractivity contribution in [3.05, 3.63) is 47.5 Å². The van der Waals surface area contributed by atoms with Gasteiger partial charge in [0.25, 0.3) is 0 Å². The number of carboxylic acid groups (broad SMARTS) is 1. The SMILES string of the molecule is Cc1cc(NC(=O)OC(C)(C)C)ccc1-c1c2cc(C(=O)O)ccc2nn1C. The molecule has 28 heavy (non-hydrogen) atoms. The van der Waals surface area contributed by atoms with Crippen molar-refractivity contribution < 1.29 is 19.4 Å². The van der Waals surface area contributed by atoms with Gasteiger partial charge < -0.3 is 9.84 Å². The molecule has 0 atom stereocenters. The van der Waals surface area contributed by atoms with Crippen LogP contribution >= 0.6 is 0 Å². The zero-order chi connectivity index (χ0) is 20.6. The van der Waals surface area contributed by atoms with Crippen LogP contribution in [0.3, 0.4) is 0 Å². The number of rotatable bonds is 3. The van der Waals surface area contributed by atoms with Crippen LogP contribution in [-0.2, 0) is 11.8 Å². The predicted octanol–water partition coefficient (Wildman–Crippen LogP) is 4.59. The van der Waals surface area contributed by atoms with Crippen LogP contribution < -0.4 is 5.32 Å². The molecule has 146 valence electrons. The van der Waals surface area contributed by atoms with Crippen molar-refractivity contribution in [3.63, 3.8) is 0 Å². The minimum absolute atomic E-state index is 0.211. The number of nitrogens with zero attached hydrogens (tertiary/aromatic N) is 2. The van der Waals surface area contributed by atoms with Gasteiger partial charge in [-0.25, -0.2) is 9.59 Å². The highest BCUT2D eigenvalue weighted by Crippen LogP contribution is 2.32. The summed E-state index contributed by atoms with van der Waals surface area (Å²) in [5, 5.41) is 17.3. The average Bonchev–Trinajstić information content (AvgIpc) is 2.88. The van der Waals surface area contributed by atoms with Gasteiger partial charge in [0.2, 0.25) is 0 Å². The molecule has 0 fully saturated rings. The fourth-order valence-corrected chi connectivity index (χ4v) is 3.08. The van der Waals surface area contributed by atoms with Crippen molar-refractivity contribution in [3.8, 4) is 11.3 Å². The maximum absolute atomic E-state index is 12.0. The molecule has 0 unspecified atom stereocenters. The maximum atomic E-state index is 12.0. The number of hydrogen-bond donors (Lipinski definition) is 2. The zero-order valence-electron chi connectivity index (χ0n) is 16.5. The lowest BCUT2D eigenvalue weighted by molar-refractivity contribution is 0.0634. The number of aromatic nitrogens is 2. The number of benzene rings is 2. The lowest BCUT2D eigenvalue weighted by atomic mass is 10.0. The molecule has 1 aromatic heterocycles. The molecule has 0 aliphatic carbocycles. The van der Waals surface area contributed by atoms with Gasteiger partial charge in [0, 0.05) is 23.7 Å². The van der Waals surface area contributed by atoms with Crippen molar-refractivity contribution in [2.75, 3.05) is 5.32 Å². The number of carboxylic acids is 1. The number of hydrogen-bond acceptors (Lipinski definition) is 4. The van der Waals surface area contributed by atoms with E-state index >= 15 is 0 Å². The van der Waals surface area contributed by atoms with E-state index in [4.69, 9.17) is 4.74 Å². The number of fused-ring (bicyclic) bond motifs is 1. The van der Waals surface area contributed by atoms with Gasteiger partial charge in [-0.2, -0.15) is 5.10 Å². The minimum atomic E-state index is -0.981. The van der Waals surface area contributed by atoms with Crippen molar-refractivity contribution in [1.29, 1.82) is 0 Å². The largest absolute Gasteiger partial charge is 0.478 e. The van der Waals surface area contributed by atoms with Crippen LogP contribution in [0, 0.1) is 6.92 Å². The van der Waals surface area contributed by atoms with E-state index in [1.54, 1.807) is 49.7 Å². The zero-order valence-corrected chi connectivity index (χ0v) is 16.5. The van der Waals surface area contributed by atoms with Crippen molar-refractivity contribution in [1.82, 2.24) is 9.78 Å². The third-order valence-corrected chi connectivity index (χ3v) is 4.21. The van der Waals surface area contributed by atoms with E-state index < -0.39 is 17.7 Å². The van der Waals surface area contributed by atoms with Gasteiger partial charge in [-0.15, -0.1) is 0 Å². The predicted molar refractivity (Wildman–Crippen MR) is 108 cm³/mol. The first-order chi connectivity index (χ1) is 13.0. The number of aromatic carboxylic acids is 1. The molecule has 2 N–H and O–H groups in total. The summed E-state index contributed by atoms with van der Waals surface area (Å²) < 4.78 is 7.01. The first-order valence-electron chi connectivity index (χ1n) is 8.86. The Kier molecular flexibility index (Phi) is 4.85. The molecule has 7 nitrogen and oxygen atoms in total. The lowest BCUT2D eigenvalue weighted by Gasteiger charge is -2.20. The molecule has 3 aromatic rings. The van der Waals surface area contributed by atoms with E-state index in [9.17, 15) is 14.7 Å². The number of ether oxygens (including phenoxy) is 1. The van der Waals surface area contributed by atoms with Crippen LogP contribution in [0.5, 0.6) is 0 Å². The molecular weight excluding hydrogens is 358 g/mol. The second kappa shape index (κ2) is 6.99. The molecule has 3 rings (SSSR count). The van der Waals surface area contributed by atoms with Crippen LogP contribution in [0.1, 0.15) is 36.7 Å². The third kappa shape index (κ3) is 3.98. The van der Waals surface area contributed by atoms with Crippen molar-refractivity contribution in [2.24, 2.45) is 7.05 Å². The van der Waals surface area contributed by atoms with Crippen molar-refractivity contribution >= 4 is 28.7 Å². The fourth-order valence-electron chi connectivity index (χ4n) is 3.08. The molecule has 2 aromatic carbocycles. The van der Waals surface area contributed by atoms with Gasteiger partial charge in [-0.05, 0) is 63.6 Å². The third-order valence-electron chi connectivity index (χ3n) is 4.21. The van der Waals surface area contributed by atoms with E-state index in [1.807, 2.05) is 26.1 Å². The molecule has 0 aliphatic rings. The lowest BCUT2D eigenvalue weighted by Crippen LogP contribution is -2.27. The summed E-state index contributed by atoms with van der Waals surface area (Å²) in [7, 11) is 1.82. The maximum Gasteiger partial charge on any atom is 0.412 e. The van der Waals surface area contributed by atoms with Gasteiger partial charge >= 0.3 is 12.1 Å². The Morgan fingerprint density at radius 2 is 1.86 bits per heavy atom. The highest BCUT2D eigenvalue weighted by atomic mass is 16.6. The Balaban J connectivity index is 1.98. The molecule has 0 saturated heterocycles. The molecule has 7 heteroatoms. The second-order valence-electron chi connectivity index (χ2n) is 7.67. The summed E-state index contributed by atoms with van der Waals surface area (Å²) in [4.78, 5) is 23.3.